The summed E-state index contributed by atoms with van der Waals surface area (Å²) in [4.78, 5) is 33.6. The van der Waals surface area contributed by atoms with E-state index in [0.29, 0.717) is 6.42 Å². The average molecular weight is 553 g/mol. The number of aliphatic hydroxyl groups is 2. The van der Waals surface area contributed by atoms with Crippen LogP contribution >= 0.6 is 7.82 Å². The van der Waals surface area contributed by atoms with Crippen LogP contribution in [-0.2, 0) is 23.4 Å². The summed E-state index contributed by atoms with van der Waals surface area (Å²) in [7, 11) is -5.52. The van der Waals surface area contributed by atoms with E-state index in [1.54, 1.807) is 0 Å². The van der Waals surface area contributed by atoms with Gasteiger partial charge in [0.2, 0.25) is 0 Å². The minimum Gasteiger partial charge on any atom is -0.780 e. The Bertz CT molecular complexity index is 655. The molecule has 1 aliphatic heterocycles. The van der Waals surface area contributed by atoms with Crippen molar-refractivity contribution in [1.29, 1.82) is 0 Å². The molecule has 36 heavy (non-hydrogen) atoms. The molecule has 200 valence electrons. The SMILES string of the molecule is CC(C)CCCCCCCCCCCCCCCOC1=C(OP(=O)([O-])[O-])C(=O)O[C@@H]1[C@@H](O)CO.[Na+].[Na+]. The van der Waals surface area contributed by atoms with Gasteiger partial charge in [-0.25, -0.2) is 4.79 Å². The molecule has 0 aliphatic carbocycles. The van der Waals surface area contributed by atoms with E-state index >= 15 is 0 Å². The number of unbranched alkanes of at least 4 members (excludes halogenated alkanes) is 12. The smallest absolute Gasteiger partial charge is 0.780 e. The maximum Gasteiger partial charge on any atom is 1.00 e. The van der Waals surface area contributed by atoms with E-state index < -0.39 is 38.4 Å². The van der Waals surface area contributed by atoms with Gasteiger partial charge in [0.15, 0.2) is 11.9 Å². The second kappa shape index (κ2) is 22.7. The van der Waals surface area contributed by atoms with Gasteiger partial charge in [0.05, 0.1) is 13.2 Å². The average Bonchev–Trinajstić information content (AvgIpc) is 3.06. The van der Waals surface area contributed by atoms with Crippen molar-refractivity contribution in [2.24, 2.45) is 5.92 Å². The van der Waals surface area contributed by atoms with E-state index in [0.717, 1.165) is 25.2 Å². The number of phosphoric acid groups is 1. The molecule has 1 rings (SSSR count). The fourth-order valence-electron chi connectivity index (χ4n) is 3.92. The Morgan fingerprint density at radius 2 is 1.33 bits per heavy atom. The second-order valence-electron chi connectivity index (χ2n) is 9.43. The van der Waals surface area contributed by atoms with Crippen molar-refractivity contribution in [1.82, 2.24) is 0 Å². The minimum atomic E-state index is -5.52. The molecule has 1 heterocycles. The summed E-state index contributed by atoms with van der Waals surface area (Å²) in [6.07, 6.45) is 13.8. The van der Waals surface area contributed by atoms with Crippen LogP contribution < -0.4 is 68.9 Å². The number of esters is 1. The summed E-state index contributed by atoms with van der Waals surface area (Å²) in [5, 5.41) is 18.9. The topological polar surface area (TPSA) is 148 Å². The molecule has 12 heteroatoms. The summed E-state index contributed by atoms with van der Waals surface area (Å²) in [6.45, 7) is 3.94. The van der Waals surface area contributed by atoms with Crippen molar-refractivity contribution < 1.29 is 102 Å². The zero-order valence-electron chi connectivity index (χ0n) is 22.7. The van der Waals surface area contributed by atoms with Gasteiger partial charge in [-0.1, -0.05) is 97.3 Å². The van der Waals surface area contributed by atoms with Gasteiger partial charge in [0.25, 0.3) is 5.76 Å². The zero-order chi connectivity index (χ0) is 25.4. The first-order valence-electron chi connectivity index (χ1n) is 12.7. The number of hydrogen-bond acceptors (Lipinski definition) is 9. The Labute approximate surface area is 260 Å². The van der Waals surface area contributed by atoms with E-state index in [2.05, 4.69) is 18.4 Å². The summed E-state index contributed by atoms with van der Waals surface area (Å²) >= 11 is 0. The maximum absolute atomic E-state index is 11.8. The molecule has 9 nitrogen and oxygen atoms in total. The Morgan fingerprint density at radius 1 is 0.889 bits per heavy atom. The van der Waals surface area contributed by atoms with Crippen LogP contribution in [0.4, 0.5) is 0 Å². The van der Waals surface area contributed by atoms with Gasteiger partial charge >= 0.3 is 65.1 Å². The number of ether oxygens (including phenoxy) is 2. The van der Waals surface area contributed by atoms with E-state index in [1.165, 1.54) is 64.2 Å². The molecule has 0 aromatic heterocycles. The van der Waals surface area contributed by atoms with Crippen LogP contribution in [0.2, 0.25) is 0 Å². The fraction of sp³-hybridized carbons (Fsp3) is 0.875. The van der Waals surface area contributed by atoms with Gasteiger partial charge in [0.1, 0.15) is 13.9 Å². The van der Waals surface area contributed by atoms with Gasteiger partial charge in [-0.05, 0) is 12.3 Å². The molecule has 0 spiro atoms. The molecule has 2 N–H and O–H groups in total. The van der Waals surface area contributed by atoms with Crippen LogP contribution in [0.25, 0.3) is 0 Å². The summed E-state index contributed by atoms with van der Waals surface area (Å²) in [5.41, 5.74) is 0. The molecular formula is C24H43Na2O9P. The molecule has 0 bridgehead atoms. The molecule has 0 saturated carbocycles. The number of rotatable bonds is 21. The summed E-state index contributed by atoms with van der Waals surface area (Å²) < 4.78 is 25.3. The summed E-state index contributed by atoms with van der Waals surface area (Å²) in [5.74, 6) is -1.68. The number of hydrogen-bond donors (Lipinski definition) is 2. The molecule has 0 amide bonds. The third-order valence-electron chi connectivity index (χ3n) is 5.82. The van der Waals surface area contributed by atoms with Crippen LogP contribution in [0.1, 0.15) is 104 Å². The van der Waals surface area contributed by atoms with E-state index in [1.807, 2.05) is 0 Å². The number of cyclic esters (lactones) is 1. The van der Waals surface area contributed by atoms with E-state index in [4.69, 9.17) is 14.6 Å². The predicted molar refractivity (Wildman–Crippen MR) is 124 cm³/mol. The first-order valence-corrected chi connectivity index (χ1v) is 14.2. The van der Waals surface area contributed by atoms with Crippen LogP contribution in [-0.4, -0.2) is 41.6 Å². The standard InChI is InChI=1S/C24H45O9P.2Na/c1-19(2)16-14-12-10-8-6-4-3-5-7-9-11-13-15-17-31-22-21(20(26)18-25)32-24(27)23(22)33-34(28,29)30;;/h19-21,25-26H,3-18H2,1-2H3,(H2,28,29,30);;/q;2*+1/p-2/t20-,21+;;/m0../s1. The molecule has 0 aromatic carbocycles. The maximum atomic E-state index is 11.8. The van der Waals surface area contributed by atoms with Crippen LogP contribution in [0.5, 0.6) is 0 Å². The van der Waals surface area contributed by atoms with Crippen LogP contribution in [0.15, 0.2) is 11.5 Å². The van der Waals surface area contributed by atoms with Crippen molar-refractivity contribution in [2.45, 2.75) is 116 Å². The number of carbonyl (C=O) groups is 1. The van der Waals surface area contributed by atoms with Crippen molar-refractivity contribution >= 4 is 13.8 Å². The third-order valence-corrected chi connectivity index (χ3v) is 6.23. The van der Waals surface area contributed by atoms with Gasteiger partial charge < -0.3 is 38.6 Å². The van der Waals surface area contributed by atoms with Gasteiger partial charge in [-0.2, -0.15) is 0 Å². The summed E-state index contributed by atoms with van der Waals surface area (Å²) in [6, 6.07) is 0. The molecule has 0 unspecified atom stereocenters. The zero-order valence-corrected chi connectivity index (χ0v) is 27.6. The normalized spacial score (nSPS) is 16.4. The number of carbonyl (C=O) groups excluding carboxylic acids is 1. The van der Waals surface area contributed by atoms with Crippen LogP contribution in [0, 0.1) is 5.92 Å². The molecule has 1 aliphatic rings. The van der Waals surface area contributed by atoms with Crippen molar-refractivity contribution in [2.75, 3.05) is 13.2 Å². The Hall–Kier alpha value is 0.880. The third kappa shape index (κ3) is 18.2. The first-order chi connectivity index (χ1) is 16.2. The Kier molecular flexibility index (Phi) is 24.6. The predicted octanol–water partition coefficient (Wildman–Crippen LogP) is -2.54. The van der Waals surface area contributed by atoms with E-state index in [-0.39, 0.29) is 71.5 Å². The molecular weight excluding hydrogens is 509 g/mol. The molecule has 0 radical (unpaired) electrons. The quantitative estimate of drug-likeness (QED) is 0.0680. The largest absolute Gasteiger partial charge is 1.00 e. The monoisotopic (exact) mass is 552 g/mol. The second-order valence-corrected chi connectivity index (χ2v) is 10.5. The Balaban J connectivity index is 0. The first kappa shape index (κ1) is 39.0. The van der Waals surface area contributed by atoms with Gasteiger partial charge in [-0.3, -0.25) is 0 Å². The molecule has 2 atom stereocenters. The van der Waals surface area contributed by atoms with Crippen molar-refractivity contribution in [3.05, 3.63) is 11.5 Å². The van der Waals surface area contributed by atoms with E-state index in [9.17, 15) is 24.3 Å². The van der Waals surface area contributed by atoms with Crippen molar-refractivity contribution in [3.8, 4) is 0 Å². The fourth-order valence-corrected chi connectivity index (χ4v) is 4.31. The number of phosphoric ester groups is 1. The van der Waals surface area contributed by atoms with Gasteiger partial charge in [0, 0.05) is 0 Å². The molecule has 0 saturated heterocycles. The van der Waals surface area contributed by atoms with Crippen molar-refractivity contribution in [3.63, 3.8) is 0 Å². The van der Waals surface area contributed by atoms with Crippen LogP contribution in [0.3, 0.4) is 0 Å². The molecule has 0 fully saturated rings. The van der Waals surface area contributed by atoms with Gasteiger partial charge in [-0.15, -0.1) is 0 Å². The molecule has 0 aromatic rings. The Morgan fingerprint density at radius 3 is 1.75 bits per heavy atom. The minimum absolute atomic E-state index is 0. The number of aliphatic hydroxyl groups excluding tert-OH is 2.